The summed E-state index contributed by atoms with van der Waals surface area (Å²) in [5.41, 5.74) is 0.231. The molecule has 0 aliphatic carbocycles. The molecule has 0 aromatic heterocycles. The van der Waals surface area contributed by atoms with Crippen LogP contribution in [0.25, 0.3) is 0 Å². The van der Waals surface area contributed by atoms with Gasteiger partial charge in [-0.3, -0.25) is 0 Å². The Labute approximate surface area is 74.1 Å². The molecular formula is C9H7FO3. The third-order valence-corrected chi connectivity index (χ3v) is 1.84. The third kappa shape index (κ3) is 1.24. The lowest BCUT2D eigenvalue weighted by Gasteiger charge is -2.26. The standard InChI is InChI=1S/C9H7FO3/c1-9(10)6-4-2-3-5-7(6)12-8(11)13-9/h2-5H,1H3. The van der Waals surface area contributed by atoms with Crippen molar-refractivity contribution in [2.45, 2.75) is 12.8 Å². The number of carbonyl (C=O) groups excluding carboxylic acids is 1. The Bertz CT molecular complexity index is 360. The van der Waals surface area contributed by atoms with E-state index in [1.54, 1.807) is 12.1 Å². The number of hydrogen-bond acceptors (Lipinski definition) is 3. The van der Waals surface area contributed by atoms with Crippen molar-refractivity contribution in [3.05, 3.63) is 29.8 Å². The zero-order valence-corrected chi connectivity index (χ0v) is 6.91. The highest BCUT2D eigenvalue weighted by atomic mass is 19.2. The van der Waals surface area contributed by atoms with E-state index >= 15 is 0 Å². The van der Waals surface area contributed by atoms with Crippen LogP contribution in [0.4, 0.5) is 9.18 Å². The fraction of sp³-hybridized carbons (Fsp3) is 0.222. The third-order valence-electron chi connectivity index (χ3n) is 1.84. The van der Waals surface area contributed by atoms with Gasteiger partial charge in [0.05, 0.1) is 5.56 Å². The fourth-order valence-electron chi connectivity index (χ4n) is 1.25. The van der Waals surface area contributed by atoms with E-state index in [4.69, 9.17) is 0 Å². The Morgan fingerprint density at radius 3 is 2.85 bits per heavy atom. The number of carbonyl (C=O) groups is 1. The zero-order valence-electron chi connectivity index (χ0n) is 6.91. The molecule has 1 aromatic carbocycles. The van der Waals surface area contributed by atoms with Gasteiger partial charge in [-0.15, -0.1) is 0 Å². The van der Waals surface area contributed by atoms with E-state index in [9.17, 15) is 9.18 Å². The smallest absolute Gasteiger partial charge is 0.394 e. The second-order valence-electron chi connectivity index (χ2n) is 2.87. The highest BCUT2D eigenvalue weighted by Crippen LogP contribution is 2.37. The normalized spacial score (nSPS) is 25.8. The monoisotopic (exact) mass is 182 g/mol. The summed E-state index contributed by atoms with van der Waals surface area (Å²) in [6.45, 7) is 1.17. The first-order valence-corrected chi connectivity index (χ1v) is 3.79. The molecule has 1 aromatic rings. The Hall–Kier alpha value is -1.58. The maximum Gasteiger partial charge on any atom is 0.516 e. The molecule has 0 N–H and O–H groups in total. The first-order chi connectivity index (χ1) is 6.09. The van der Waals surface area contributed by atoms with Gasteiger partial charge in [0, 0.05) is 6.92 Å². The summed E-state index contributed by atoms with van der Waals surface area (Å²) >= 11 is 0. The number of benzene rings is 1. The van der Waals surface area contributed by atoms with Crippen LogP contribution in [0.2, 0.25) is 0 Å². The van der Waals surface area contributed by atoms with Crippen LogP contribution in [-0.4, -0.2) is 6.16 Å². The van der Waals surface area contributed by atoms with E-state index in [1.165, 1.54) is 19.1 Å². The predicted molar refractivity (Wildman–Crippen MR) is 42.0 cm³/mol. The Morgan fingerprint density at radius 1 is 1.38 bits per heavy atom. The van der Waals surface area contributed by atoms with Crippen molar-refractivity contribution in [2.75, 3.05) is 0 Å². The van der Waals surface area contributed by atoms with Crippen LogP contribution in [0.1, 0.15) is 12.5 Å². The van der Waals surface area contributed by atoms with Crippen molar-refractivity contribution in [3.63, 3.8) is 0 Å². The average Bonchev–Trinajstić information content (AvgIpc) is 2.02. The second kappa shape index (κ2) is 2.45. The van der Waals surface area contributed by atoms with Crippen LogP contribution in [0, 0.1) is 0 Å². The fourth-order valence-corrected chi connectivity index (χ4v) is 1.25. The largest absolute Gasteiger partial charge is 0.516 e. The molecule has 1 aliphatic heterocycles. The summed E-state index contributed by atoms with van der Waals surface area (Å²) < 4.78 is 22.6. The summed E-state index contributed by atoms with van der Waals surface area (Å²) in [5, 5.41) is 0. The molecule has 2 rings (SSSR count). The molecule has 0 radical (unpaired) electrons. The van der Waals surface area contributed by atoms with Gasteiger partial charge in [0.25, 0.3) is 5.85 Å². The number of hydrogen-bond donors (Lipinski definition) is 0. The lowest BCUT2D eigenvalue weighted by molar-refractivity contribution is -0.114. The van der Waals surface area contributed by atoms with Crippen molar-refractivity contribution in [1.29, 1.82) is 0 Å². The maximum absolute atomic E-state index is 13.6. The Balaban J connectivity index is 2.56. The van der Waals surface area contributed by atoms with Crippen LogP contribution in [0.3, 0.4) is 0 Å². The summed E-state index contributed by atoms with van der Waals surface area (Å²) in [6.07, 6.45) is -1.01. The molecule has 68 valence electrons. The number of halogens is 1. The molecule has 0 amide bonds. The maximum atomic E-state index is 13.6. The Kier molecular flexibility index (Phi) is 1.52. The quantitative estimate of drug-likeness (QED) is 0.456. The number of rotatable bonds is 0. The predicted octanol–water partition coefficient (Wildman–Crippen LogP) is 2.36. The van der Waals surface area contributed by atoms with Gasteiger partial charge < -0.3 is 9.47 Å². The number of alkyl halides is 1. The van der Waals surface area contributed by atoms with Gasteiger partial charge in [-0.25, -0.2) is 4.79 Å². The van der Waals surface area contributed by atoms with Crippen molar-refractivity contribution >= 4 is 6.16 Å². The van der Waals surface area contributed by atoms with Crippen LogP contribution in [0.5, 0.6) is 5.75 Å². The Morgan fingerprint density at radius 2 is 2.08 bits per heavy atom. The average molecular weight is 182 g/mol. The van der Waals surface area contributed by atoms with Crippen LogP contribution in [-0.2, 0) is 10.6 Å². The number of ether oxygens (including phenoxy) is 2. The molecule has 3 nitrogen and oxygen atoms in total. The van der Waals surface area contributed by atoms with Crippen molar-refractivity contribution < 1.29 is 18.7 Å². The molecule has 13 heavy (non-hydrogen) atoms. The molecule has 0 spiro atoms. The molecule has 1 atom stereocenters. The van der Waals surface area contributed by atoms with Gasteiger partial charge in [-0.2, -0.15) is 4.39 Å². The van der Waals surface area contributed by atoms with E-state index in [2.05, 4.69) is 9.47 Å². The second-order valence-corrected chi connectivity index (χ2v) is 2.87. The number of para-hydroxylation sites is 1. The molecule has 0 bridgehead atoms. The van der Waals surface area contributed by atoms with Crippen LogP contribution in [0.15, 0.2) is 24.3 Å². The molecule has 1 unspecified atom stereocenters. The summed E-state index contributed by atoms with van der Waals surface area (Å²) in [5.74, 6) is -1.88. The molecule has 1 heterocycles. The minimum absolute atomic E-state index is 0.212. The molecule has 0 saturated carbocycles. The first kappa shape index (κ1) is 8.04. The van der Waals surface area contributed by atoms with Crippen molar-refractivity contribution in [3.8, 4) is 5.75 Å². The summed E-state index contributed by atoms with van der Waals surface area (Å²) in [7, 11) is 0. The highest BCUT2D eigenvalue weighted by Gasteiger charge is 2.39. The molecule has 4 heteroatoms. The minimum Gasteiger partial charge on any atom is -0.394 e. The van der Waals surface area contributed by atoms with E-state index in [0.29, 0.717) is 0 Å². The van der Waals surface area contributed by atoms with E-state index < -0.39 is 12.0 Å². The van der Waals surface area contributed by atoms with Crippen LogP contribution >= 0.6 is 0 Å². The van der Waals surface area contributed by atoms with Gasteiger partial charge in [-0.1, -0.05) is 12.1 Å². The SMILES string of the molecule is CC1(F)OC(=O)Oc2ccccc21. The van der Waals surface area contributed by atoms with Gasteiger partial charge >= 0.3 is 6.16 Å². The highest BCUT2D eigenvalue weighted by molar-refractivity contribution is 5.67. The minimum atomic E-state index is -2.09. The lowest BCUT2D eigenvalue weighted by atomic mass is 10.1. The van der Waals surface area contributed by atoms with Gasteiger partial charge in [0.2, 0.25) is 0 Å². The number of fused-ring (bicyclic) bond motifs is 1. The van der Waals surface area contributed by atoms with Crippen molar-refractivity contribution in [2.24, 2.45) is 0 Å². The molecule has 0 saturated heterocycles. The van der Waals surface area contributed by atoms with Crippen molar-refractivity contribution in [1.82, 2.24) is 0 Å². The first-order valence-electron chi connectivity index (χ1n) is 3.79. The molecular weight excluding hydrogens is 175 g/mol. The van der Waals surface area contributed by atoms with Crippen LogP contribution < -0.4 is 4.74 Å². The number of cyclic esters (lactones) is 1. The zero-order chi connectivity index (χ0) is 9.47. The van der Waals surface area contributed by atoms with Gasteiger partial charge in [0.15, 0.2) is 0 Å². The van der Waals surface area contributed by atoms with E-state index in [0.717, 1.165) is 0 Å². The lowest BCUT2D eigenvalue weighted by Crippen LogP contribution is -2.31. The molecule has 1 aliphatic rings. The van der Waals surface area contributed by atoms with E-state index in [-0.39, 0.29) is 11.3 Å². The van der Waals surface area contributed by atoms with Gasteiger partial charge in [0.1, 0.15) is 5.75 Å². The summed E-state index contributed by atoms with van der Waals surface area (Å²) in [4.78, 5) is 10.8. The summed E-state index contributed by atoms with van der Waals surface area (Å²) in [6, 6.07) is 6.35. The topological polar surface area (TPSA) is 35.5 Å². The van der Waals surface area contributed by atoms with Gasteiger partial charge in [-0.05, 0) is 12.1 Å². The van der Waals surface area contributed by atoms with E-state index in [1.807, 2.05) is 0 Å². The molecule has 0 fully saturated rings.